The van der Waals surface area contributed by atoms with Crippen LogP contribution in [0.1, 0.15) is 23.6 Å². The maximum atomic E-state index is 12.7. The van der Waals surface area contributed by atoms with Gasteiger partial charge in [-0.3, -0.25) is 4.72 Å². The smallest absolute Gasteiger partial charge is 0.265 e. The van der Waals surface area contributed by atoms with Crippen LogP contribution in [0.5, 0.6) is 5.75 Å². The maximum absolute atomic E-state index is 12.7. The third-order valence-corrected chi connectivity index (χ3v) is 5.10. The van der Waals surface area contributed by atoms with Gasteiger partial charge in [0.05, 0.1) is 6.61 Å². The van der Waals surface area contributed by atoms with Crippen LogP contribution < -0.4 is 9.46 Å². The van der Waals surface area contributed by atoms with Crippen molar-refractivity contribution in [2.75, 3.05) is 11.3 Å². The molecule has 1 N–H and O–H groups in total. The molecule has 0 aliphatic carbocycles. The summed E-state index contributed by atoms with van der Waals surface area (Å²) in [5, 5.41) is 0.384. The number of rotatable bonds is 5. The minimum Gasteiger partial charge on any atom is -0.492 e. The number of hydrogen-bond donors (Lipinski definition) is 1. The molecule has 0 radical (unpaired) electrons. The van der Waals surface area contributed by atoms with Crippen molar-refractivity contribution in [1.29, 1.82) is 0 Å². The van der Waals surface area contributed by atoms with Crippen LogP contribution in [0, 0.1) is 20.8 Å². The molecule has 0 saturated heterocycles. The number of nitrogens with one attached hydrogen (secondary N) is 1. The van der Waals surface area contributed by atoms with Crippen LogP contribution in [0.25, 0.3) is 0 Å². The van der Waals surface area contributed by atoms with E-state index in [4.69, 9.17) is 16.3 Å². The summed E-state index contributed by atoms with van der Waals surface area (Å²) in [4.78, 5) is 0.0362. The van der Waals surface area contributed by atoms with Gasteiger partial charge in [-0.1, -0.05) is 17.7 Å². The summed E-state index contributed by atoms with van der Waals surface area (Å²) < 4.78 is 33.5. The Balaban J connectivity index is 2.48. The van der Waals surface area contributed by atoms with E-state index in [9.17, 15) is 8.42 Å². The Kier molecular flexibility index (Phi) is 5.22. The Bertz CT molecular complexity index is 812. The first-order valence-electron chi connectivity index (χ1n) is 7.27. The Morgan fingerprint density at radius 1 is 1.04 bits per heavy atom. The van der Waals surface area contributed by atoms with Crippen LogP contribution in [-0.4, -0.2) is 15.0 Å². The van der Waals surface area contributed by atoms with Crippen molar-refractivity contribution >= 4 is 27.3 Å². The summed E-state index contributed by atoms with van der Waals surface area (Å²) in [6, 6.07) is 8.60. The van der Waals surface area contributed by atoms with Gasteiger partial charge in [-0.05, 0) is 68.7 Å². The molecule has 0 spiro atoms. The van der Waals surface area contributed by atoms with Crippen molar-refractivity contribution in [3.8, 4) is 5.75 Å². The maximum Gasteiger partial charge on any atom is 0.265 e. The molecule has 0 saturated carbocycles. The Labute approximate surface area is 142 Å². The summed E-state index contributed by atoms with van der Waals surface area (Å²) in [6.45, 7) is 7.81. The average molecular weight is 354 g/mol. The summed E-state index contributed by atoms with van der Waals surface area (Å²) in [5.41, 5.74) is 3.24. The Hall–Kier alpha value is -1.72. The van der Waals surface area contributed by atoms with Crippen LogP contribution in [0.15, 0.2) is 35.2 Å². The summed E-state index contributed by atoms with van der Waals surface area (Å²) in [6.07, 6.45) is 0. The molecule has 0 bridgehead atoms. The van der Waals surface area contributed by atoms with E-state index >= 15 is 0 Å². The van der Waals surface area contributed by atoms with Crippen molar-refractivity contribution in [1.82, 2.24) is 0 Å². The minimum atomic E-state index is -3.80. The van der Waals surface area contributed by atoms with Crippen LogP contribution >= 0.6 is 11.6 Å². The SMILES string of the molecule is CCOc1cc(C)c(Cl)cc1S(=O)(=O)Nc1cc(C)cc(C)c1. The number of anilines is 1. The largest absolute Gasteiger partial charge is 0.492 e. The van der Waals surface area contributed by atoms with E-state index in [0.717, 1.165) is 16.7 Å². The number of halogens is 1. The second kappa shape index (κ2) is 6.81. The molecule has 2 aromatic carbocycles. The zero-order valence-corrected chi connectivity index (χ0v) is 15.2. The first kappa shape index (κ1) is 17.6. The second-order valence-electron chi connectivity index (χ2n) is 5.46. The van der Waals surface area contributed by atoms with Gasteiger partial charge < -0.3 is 4.74 Å². The molecule has 6 heteroatoms. The fourth-order valence-corrected chi connectivity index (χ4v) is 3.78. The molecular weight excluding hydrogens is 334 g/mol. The van der Waals surface area contributed by atoms with E-state index in [0.29, 0.717) is 23.1 Å². The van der Waals surface area contributed by atoms with E-state index < -0.39 is 10.0 Å². The highest BCUT2D eigenvalue weighted by Crippen LogP contribution is 2.32. The summed E-state index contributed by atoms with van der Waals surface area (Å²) in [5.74, 6) is 0.297. The lowest BCUT2D eigenvalue weighted by atomic mass is 10.1. The van der Waals surface area contributed by atoms with Gasteiger partial charge in [-0.15, -0.1) is 0 Å². The second-order valence-corrected chi connectivity index (χ2v) is 7.52. The van der Waals surface area contributed by atoms with Crippen LogP contribution in [-0.2, 0) is 10.0 Å². The fourth-order valence-electron chi connectivity index (χ4n) is 2.36. The molecule has 124 valence electrons. The monoisotopic (exact) mass is 353 g/mol. The quantitative estimate of drug-likeness (QED) is 0.863. The number of sulfonamides is 1. The number of benzene rings is 2. The molecule has 0 heterocycles. The van der Waals surface area contributed by atoms with Gasteiger partial charge in [0.25, 0.3) is 10.0 Å². The van der Waals surface area contributed by atoms with Crippen LogP contribution in [0.2, 0.25) is 5.02 Å². The highest BCUT2D eigenvalue weighted by molar-refractivity contribution is 7.92. The predicted octanol–water partition coefficient (Wildman–Crippen LogP) is 4.46. The molecule has 0 aliphatic heterocycles. The summed E-state index contributed by atoms with van der Waals surface area (Å²) in [7, 11) is -3.80. The number of aryl methyl sites for hydroxylation is 3. The Morgan fingerprint density at radius 3 is 2.22 bits per heavy atom. The first-order valence-corrected chi connectivity index (χ1v) is 9.13. The lowest BCUT2D eigenvalue weighted by Gasteiger charge is -2.15. The lowest BCUT2D eigenvalue weighted by Crippen LogP contribution is -2.15. The van der Waals surface area contributed by atoms with E-state index in [2.05, 4.69) is 4.72 Å². The minimum absolute atomic E-state index is 0.0362. The van der Waals surface area contributed by atoms with Gasteiger partial charge in [-0.2, -0.15) is 0 Å². The van der Waals surface area contributed by atoms with Crippen molar-refractivity contribution < 1.29 is 13.2 Å². The highest BCUT2D eigenvalue weighted by atomic mass is 35.5. The average Bonchev–Trinajstić information content (AvgIpc) is 2.41. The fraction of sp³-hybridized carbons (Fsp3) is 0.294. The third kappa shape index (κ3) is 4.18. The standard InChI is InChI=1S/C17H20ClNO3S/c1-5-22-16-9-13(4)15(18)10-17(16)23(20,21)19-14-7-11(2)6-12(3)8-14/h6-10,19H,5H2,1-4H3. The Morgan fingerprint density at radius 2 is 1.65 bits per heavy atom. The molecule has 0 aromatic heterocycles. The zero-order valence-electron chi connectivity index (χ0n) is 13.6. The number of ether oxygens (including phenoxy) is 1. The van der Waals surface area contributed by atoms with E-state index in [1.54, 1.807) is 32.0 Å². The number of hydrogen-bond acceptors (Lipinski definition) is 3. The topological polar surface area (TPSA) is 55.4 Å². The van der Waals surface area contributed by atoms with Gasteiger partial charge in [0.1, 0.15) is 10.6 Å². The molecule has 0 atom stereocenters. The third-order valence-electron chi connectivity index (χ3n) is 3.29. The normalized spacial score (nSPS) is 11.3. The predicted molar refractivity (Wildman–Crippen MR) is 94.1 cm³/mol. The molecule has 0 amide bonds. The first-order chi connectivity index (χ1) is 10.7. The lowest BCUT2D eigenvalue weighted by molar-refractivity contribution is 0.331. The van der Waals surface area contributed by atoms with Gasteiger partial charge in [-0.25, -0.2) is 8.42 Å². The molecule has 2 rings (SSSR count). The van der Waals surface area contributed by atoms with Gasteiger partial charge in [0.15, 0.2) is 0 Å². The molecule has 0 aliphatic rings. The molecule has 23 heavy (non-hydrogen) atoms. The highest BCUT2D eigenvalue weighted by Gasteiger charge is 2.21. The van der Waals surface area contributed by atoms with Crippen LogP contribution in [0.3, 0.4) is 0 Å². The zero-order chi connectivity index (χ0) is 17.2. The molecule has 0 unspecified atom stereocenters. The van der Waals surface area contributed by atoms with Gasteiger partial charge in [0.2, 0.25) is 0 Å². The molecule has 2 aromatic rings. The van der Waals surface area contributed by atoms with Gasteiger partial charge in [0, 0.05) is 10.7 Å². The van der Waals surface area contributed by atoms with E-state index in [1.807, 2.05) is 19.9 Å². The van der Waals surface area contributed by atoms with E-state index in [-0.39, 0.29) is 4.90 Å². The molecule has 0 fully saturated rings. The van der Waals surface area contributed by atoms with Crippen molar-refractivity contribution in [3.63, 3.8) is 0 Å². The molecular formula is C17H20ClNO3S. The van der Waals surface area contributed by atoms with Gasteiger partial charge >= 0.3 is 0 Å². The van der Waals surface area contributed by atoms with Crippen molar-refractivity contribution in [3.05, 3.63) is 52.0 Å². The van der Waals surface area contributed by atoms with E-state index in [1.165, 1.54) is 6.07 Å². The van der Waals surface area contributed by atoms with Crippen molar-refractivity contribution in [2.24, 2.45) is 0 Å². The van der Waals surface area contributed by atoms with Crippen molar-refractivity contribution in [2.45, 2.75) is 32.6 Å². The molecule has 4 nitrogen and oxygen atoms in total. The summed E-state index contributed by atoms with van der Waals surface area (Å²) >= 11 is 6.10. The van der Waals surface area contributed by atoms with Crippen LogP contribution in [0.4, 0.5) is 5.69 Å².